The monoisotopic (exact) mass is 674 g/mol. The van der Waals surface area contributed by atoms with Crippen molar-refractivity contribution in [1.29, 1.82) is 5.26 Å². The lowest BCUT2D eigenvalue weighted by Gasteiger charge is -2.39. The minimum atomic E-state index is -4.08. The summed E-state index contributed by atoms with van der Waals surface area (Å²) >= 11 is 0. The van der Waals surface area contributed by atoms with E-state index in [2.05, 4.69) is 9.71 Å². The molecule has 3 aromatic rings. The van der Waals surface area contributed by atoms with Crippen LogP contribution in [0.3, 0.4) is 0 Å². The smallest absolute Gasteiger partial charge is 0.410 e. The van der Waals surface area contributed by atoms with Gasteiger partial charge in [-0.15, -0.1) is 0 Å². The fourth-order valence-electron chi connectivity index (χ4n) is 5.62. The third-order valence-electron chi connectivity index (χ3n) is 8.29. The van der Waals surface area contributed by atoms with Crippen molar-refractivity contribution in [3.05, 3.63) is 58.1 Å². The van der Waals surface area contributed by atoms with E-state index in [1.165, 1.54) is 24.0 Å². The number of nitrogens with one attached hydrogen (secondary N) is 1. The molecule has 2 aromatic carbocycles. The Morgan fingerprint density at radius 1 is 1.23 bits per heavy atom. The molecular weight excluding hydrogens is 638 g/mol. The van der Waals surface area contributed by atoms with Crippen molar-refractivity contribution in [3.8, 4) is 17.6 Å². The molecule has 2 saturated heterocycles. The highest BCUT2D eigenvalue weighted by Gasteiger charge is 2.45. The predicted octanol–water partition coefficient (Wildman–Crippen LogP) is 4.68. The molecule has 16 heteroatoms. The van der Waals surface area contributed by atoms with E-state index in [0.717, 1.165) is 22.5 Å². The Kier molecular flexibility index (Phi) is 9.19. The number of anilines is 1. The van der Waals surface area contributed by atoms with Gasteiger partial charge in [-0.2, -0.15) is 18.0 Å². The molecule has 1 atom stereocenters. The van der Waals surface area contributed by atoms with Crippen LogP contribution in [0, 0.1) is 23.0 Å². The van der Waals surface area contributed by atoms with Gasteiger partial charge in [-0.25, -0.2) is 18.6 Å². The van der Waals surface area contributed by atoms with Crippen molar-refractivity contribution in [2.45, 2.75) is 64.2 Å². The summed E-state index contributed by atoms with van der Waals surface area (Å²) in [5.74, 6) is -3.47. The first kappa shape index (κ1) is 34.0. The van der Waals surface area contributed by atoms with Gasteiger partial charge in [0.2, 0.25) is 0 Å². The maximum Gasteiger partial charge on any atom is 0.410 e. The number of likely N-dealkylation sites (tertiary alicyclic amines) is 1. The van der Waals surface area contributed by atoms with E-state index in [-0.39, 0.29) is 24.4 Å². The number of fused-ring (bicyclic) bond motifs is 1. The zero-order chi connectivity index (χ0) is 34.3. The quantitative estimate of drug-likeness (QED) is 0.376. The molecule has 1 spiro atoms. The lowest BCUT2D eigenvalue weighted by Crippen LogP contribution is -2.48. The Labute approximate surface area is 270 Å². The second-order valence-electron chi connectivity index (χ2n) is 12.6. The largest absolute Gasteiger partial charge is 0.450 e. The summed E-state index contributed by atoms with van der Waals surface area (Å²) in [5.41, 5.74) is -2.67. The first-order valence-electron chi connectivity index (χ1n) is 15.0. The van der Waals surface area contributed by atoms with E-state index in [0.29, 0.717) is 32.4 Å². The Bertz CT molecular complexity index is 1910. The number of rotatable bonds is 7. The van der Waals surface area contributed by atoms with E-state index >= 15 is 4.39 Å². The minimum Gasteiger partial charge on any atom is -0.450 e. The van der Waals surface area contributed by atoms with Gasteiger partial charge >= 0.3 is 16.3 Å². The normalized spacial score (nSPS) is 18.0. The van der Waals surface area contributed by atoms with Crippen LogP contribution in [-0.4, -0.2) is 77.8 Å². The van der Waals surface area contributed by atoms with Gasteiger partial charge < -0.3 is 19.1 Å². The molecule has 47 heavy (non-hydrogen) atoms. The minimum absolute atomic E-state index is 0.0282. The SMILES string of the molecule is CCN(C)S(=O)(=O)Nc1ccc(F)c(Oc2ccc3ncn([C@H]4COC5(CCN(C(=O)OC(C)(C)C)CC5)C4)c(=O)c3c2F)c1C#N. The number of piperidine rings is 1. The first-order valence-corrected chi connectivity index (χ1v) is 16.5. The fourth-order valence-corrected chi connectivity index (χ4v) is 6.57. The number of hydrogen-bond acceptors (Lipinski definition) is 9. The summed E-state index contributed by atoms with van der Waals surface area (Å²) in [6.07, 6.45) is 2.42. The van der Waals surface area contributed by atoms with E-state index in [4.69, 9.17) is 14.2 Å². The van der Waals surface area contributed by atoms with Gasteiger partial charge in [-0.05, 0) is 64.3 Å². The van der Waals surface area contributed by atoms with Crippen LogP contribution >= 0.6 is 0 Å². The molecule has 0 unspecified atom stereocenters. The second kappa shape index (κ2) is 12.7. The van der Waals surface area contributed by atoms with Gasteiger partial charge in [0.1, 0.15) is 22.6 Å². The Morgan fingerprint density at radius 2 is 1.94 bits per heavy atom. The van der Waals surface area contributed by atoms with Crippen LogP contribution in [0.5, 0.6) is 11.5 Å². The van der Waals surface area contributed by atoms with Crippen molar-refractivity contribution >= 4 is 32.9 Å². The van der Waals surface area contributed by atoms with Gasteiger partial charge in [0.15, 0.2) is 23.1 Å². The van der Waals surface area contributed by atoms with Crippen LogP contribution in [-0.2, 0) is 19.7 Å². The highest BCUT2D eigenvalue weighted by Crippen LogP contribution is 2.41. The highest BCUT2D eigenvalue weighted by molar-refractivity contribution is 7.90. The Morgan fingerprint density at radius 3 is 2.57 bits per heavy atom. The number of ether oxygens (including phenoxy) is 3. The Balaban J connectivity index is 1.40. The molecule has 3 heterocycles. The molecule has 0 radical (unpaired) electrons. The number of benzene rings is 2. The zero-order valence-electron chi connectivity index (χ0n) is 26.7. The molecule has 2 fully saturated rings. The van der Waals surface area contributed by atoms with Crippen molar-refractivity contribution in [1.82, 2.24) is 18.8 Å². The lowest BCUT2D eigenvalue weighted by molar-refractivity contribution is -0.0486. The van der Waals surface area contributed by atoms with Gasteiger partial charge in [0.05, 0.1) is 35.8 Å². The Hall–Kier alpha value is -4.33. The van der Waals surface area contributed by atoms with E-state index in [1.807, 2.05) is 0 Å². The van der Waals surface area contributed by atoms with Crippen LogP contribution in [0.2, 0.25) is 0 Å². The maximum absolute atomic E-state index is 16.0. The molecule has 252 valence electrons. The third kappa shape index (κ3) is 6.87. The number of nitriles is 1. The molecule has 1 aromatic heterocycles. The molecular formula is C31H36F2N6O7S. The van der Waals surface area contributed by atoms with E-state index in [9.17, 15) is 27.7 Å². The van der Waals surface area contributed by atoms with Crippen molar-refractivity contribution < 1.29 is 36.2 Å². The predicted molar refractivity (Wildman–Crippen MR) is 167 cm³/mol. The molecule has 0 aliphatic carbocycles. The lowest BCUT2D eigenvalue weighted by atomic mass is 9.87. The second-order valence-corrected chi connectivity index (χ2v) is 14.4. The van der Waals surface area contributed by atoms with Crippen molar-refractivity contribution in [3.63, 3.8) is 0 Å². The summed E-state index contributed by atoms with van der Waals surface area (Å²) < 4.78 is 77.7. The van der Waals surface area contributed by atoms with Gasteiger partial charge in [-0.1, -0.05) is 6.92 Å². The molecule has 0 saturated carbocycles. The topological polar surface area (TPSA) is 156 Å². The number of nitrogens with zero attached hydrogens (tertiary/aromatic N) is 5. The van der Waals surface area contributed by atoms with Crippen molar-refractivity contribution in [2.24, 2.45) is 0 Å². The fraction of sp³-hybridized carbons (Fsp3) is 0.484. The summed E-state index contributed by atoms with van der Waals surface area (Å²) in [5, 5.41) is 9.38. The van der Waals surface area contributed by atoms with E-state index in [1.54, 1.807) is 38.7 Å². The van der Waals surface area contributed by atoms with Gasteiger partial charge in [0, 0.05) is 26.7 Å². The van der Waals surface area contributed by atoms with Crippen LogP contribution in [0.25, 0.3) is 10.9 Å². The average molecular weight is 675 g/mol. The molecule has 2 aliphatic rings. The zero-order valence-corrected chi connectivity index (χ0v) is 27.5. The van der Waals surface area contributed by atoms with Crippen molar-refractivity contribution in [2.75, 3.05) is 38.0 Å². The maximum atomic E-state index is 16.0. The third-order valence-corrected chi connectivity index (χ3v) is 9.85. The average Bonchev–Trinajstić information content (AvgIpc) is 3.41. The molecule has 2 aliphatic heterocycles. The summed E-state index contributed by atoms with van der Waals surface area (Å²) in [4.78, 5) is 32.1. The number of amides is 1. The van der Waals surface area contributed by atoms with Crippen LogP contribution < -0.4 is 15.0 Å². The van der Waals surface area contributed by atoms with Crippen LogP contribution in [0.4, 0.5) is 19.3 Å². The summed E-state index contributed by atoms with van der Waals surface area (Å²) in [6, 6.07) is 5.64. The summed E-state index contributed by atoms with van der Waals surface area (Å²) in [7, 11) is -2.77. The molecule has 1 N–H and O–H groups in total. The molecule has 13 nitrogen and oxygen atoms in total. The number of halogens is 2. The molecule has 1 amide bonds. The summed E-state index contributed by atoms with van der Waals surface area (Å²) in [6.45, 7) is 8.13. The molecule has 0 bridgehead atoms. The highest BCUT2D eigenvalue weighted by atomic mass is 32.2. The van der Waals surface area contributed by atoms with E-state index < -0.39 is 73.2 Å². The van der Waals surface area contributed by atoms with Crippen LogP contribution in [0.15, 0.2) is 35.4 Å². The van der Waals surface area contributed by atoms with Gasteiger partial charge in [-0.3, -0.25) is 14.1 Å². The number of carbonyl (C=O) groups excluding carboxylic acids is 1. The number of aromatic nitrogens is 2. The standard InChI is InChI=1S/C31H36F2N6O7S/c1-6-37(5)47(42,43)36-22-8-7-21(32)27(20(22)16-34)45-24-10-9-23-25(26(24)33)28(40)39(18-35-23)19-15-31(44-17-19)11-13-38(14-12-31)29(41)46-30(2,3)4/h7-10,18-19,36H,6,11-15,17H2,1-5H3/t19-/m1/s1. The number of carbonyl (C=O) groups is 1. The van der Waals surface area contributed by atoms with Crippen LogP contribution in [0.1, 0.15) is 58.6 Å². The van der Waals surface area contributed by atoms with Gasteiger partial charge in [0.25, 0.3) is 5.56 Å². The first-order chi connectivity index (χ1) is 22.1. The molecule has 5 rings (SSSR count). The number of hydrogen-bond donors (Lipinski definition) is 1.